The summed E-state index contributed by atoms with van der Waals surface area (Å²) in [6.45, 7) is 6.23. The summed E-state index contributed by atoms with van der Waals surface area (Å²) in [7, 11) is 0. The number of fused-ring (bicyclic) bond motifs is 2. The Labute approximate surface area is 248 Å². The van der Waals surface area contributed by atoms with E-state index in [1.54, 1.807) is 6.07 Å². The number of anilines is 1. The molecule has 222 valence electrons. The highest BCUT2D eigenvalue weighted by atomic mass is 35.5. The standard InChI is InChI=1S/C30H35Cl2F2N3O4/c1-29(2,3)13-23-30(16-11-19(33)18(32)12-20(16)36-28(30)41)24(15-5-4-6-17(31)25(15)34)26(37-23)27(40)35-8-7-14-9-21(38)22(39)10-14/h4-6,11-12,14,21-24,26,37-39H,7-10,13H2,1-3H3,(H,35,40)(H,36,41)/t21-,22-,23-,24+,26-,30+/m1/s1. The second kappa shape index (κ2) is 11.1. The molecule has 6 atom stereocenters. The third kappa shape index (κ3) is 5.36. The van der Waals surface area contributed by atoms with Gasteiger partial charge in [-0.2, -0.15) is 0 Å². The Balaban J connectivity index is 1.59. The number of amides is 2. The minimum atomic E-state index is -1.55. The van der Waals surface area contributed by atoms with Gasteiger partial charge in [0.15, 0.2) is 0 Å². The summed E-state index contributed by atoms with van der Waals surface area (Å²) in [5.41, 5.74) is -1.19. The second-order valence-electron chi connectivity index (χ2n) is 12.8. The van der Waals surface area contributed by atoms with Gasteiger partial charge >= 0.3 is 0 Å². The van der Waals surface area contributed by atoms with Crippen molar-refractivity contribution < 1.29 is 28.6 Å². The molecule has 2 aromatic carbocycles. The van der Waals surface area contributed by atoms with Crippen molar-refractivity contribution in [2.45, 2.75) is 82.1 Å². The lowest BCUT2D eigenvalue weighted by molar-refractivity contribution is -0.123. The quantitative estimate of drug-likeness (QED) is 0.327. The Hall–Kier alpha value is -2.30. The van der Waals surface area contributed by atoms with Crippen LogP contribution < -0.4 is 16.0 Å². The first-order valence-corrected chi connectivity index (χ1v) is 14.6. The molecule has 7 nitrogen and oxygen atoms in total. The summed E-state index contributed by atoms with van der Waals surface area (Å²) in [6, 6.07) is 5.27. The summed E-state index contributed by atoms with van der Waals surface area (Å²) in [5.74, 6) is -3.44. The molecule has 2 fully saturated rings. The first-order valence-electron chi connectivity index (χ1n) is 13.9. The summed E-state index contributed by atoms with van der Waals surface area (Å²) in [4.78, 5) is 28.0. The summed E-state index contributed by atoms with van der Waals surface area (Å²) in [6.07, 6.45) is 0.260. The number of rotatable bonds is 6. The van der Waals surface area contributed by atoms with E-state index in [4.69, 9.17) is 23.2 Å². The molecule has 2 aliphatic heterocycles. The zero-order valence-corrected chi connectivity index (χ0v) is 24.6. The van der Waals surface area contributed by atoms with Crippen LogP contribution in [0.25, 0.3) is 0 Å². The summed E-state index contributed by atoms with van der Waals surface area (Å²) < 4.78 is 30.8. The van der Waals surface area contributed by atoms with Gasteiger partial charge in [-0.25, -0.2) is 8.78 Å². The van der Waals surface area contributed by atoms with Crippen molar-refractivity contribution in [3.8, 4) is 0 Å². The Morgan fingerprint density at radius 3 is 2.46 bits per heavy atom. The maximum Gasteiger partial charge on any atom is 0.237 e. The Morgan fingerprint density at radius 2 is 1.80 bits per heavy atom. The number of nitrogens with one attached hydrogen (secondary N) is 3. The van der Waals surface area contributed by atoms with Gasteiger partial charge in [0.1, 0.15) is 17.0 Å². The highest BCUT2D eigenvalue weighted by Crippen LogP contribution is 2.57. The minimum absolute atomic E-state index is 0.0400. The smallest absolute Gasteiger partial charge is 0.237 e. The van der Waals surface area contributed by atoms with E-state index in [-0.39, 0.29) is 33.5 Å². The SMILES string of the molecule is CC(C)(C)C[C@H]1N[C@@H](C(=O)NCCC2C[C@@H](O)[C@H](O)C2)[C@H](c2cccc(Cl)c2F)[C@@]12C(=O)Nc1cc(Cl)c(F)cc12. The fraction of sp³-hybridized carbons (Fsp3) is 0.533. The van der Waals surface area contributed by atoms with Crippen molar-refractivity contribution in [1.82, 2.24) is 10.6 Å². The van der Waals surface area contributed by atoms with E-state index in [9.17, 15) is 24.2 Å². The van der Waals surface area contributed by atoms with E-state index in [2.05, 4.69) is 16.0 Å². The minimum Gasteiger partial charge on any atom is -0.390 e. The van der Waals surface area contributed by atoms with Gasteiger partial charge < -0.3 is 26.2 Å². The molecule has 0 radical (unpaired) electrons. The molecule has 5 N–H and O–H groups in total. The van der Waals surface area contributed by atoms with Crippen LogP contribution >= 0.6 is 23.2 Å². The molecule has 1 aliphatic carbocycles. The van der Waals surface area contributed by atoms with Crippen LogP contribution in [0.3, 0.4) is 0 Å². The van der Waals surface area contributed by atoms with E-state index in [0.717, 1.165) is 0 Å². The van der Waals surface area contributed by atoms with Crippen LogP contribution in [0, 0.1) is 23.0 Å². The molecule has 0 bridgehead atoms. The molecule has 1 saturated carbocycles. The van der Waals surface area contributed by atoms with Crippen LogP contribution in [0.15, 0.2) is 30.3 Å². The molecule has 1 spiro atoms. The van der Waals surface area contributed by atoms with Crippen LogP contribution in [0.4, 0.5) is 14.5 Å². The van der Waals surface area contributed by atoms with Gasteiger partial charge in [0.25, 0.3) is 0 Å². The monoisotopic (exact) mass is 609 g/mol. The lowest BCUT2D eigenvalue weighted by atomic mass is 9.62. The molecular formula is C30H35Cl2F2N3O4. The Bertz CT molecular complexity index is 1360. The van der Waals surface area contributed by atoms with E-state index >= 15 is 4.39 Å². The number of aliphatic hydroxyl groups is 2. The number of halogens is 4. The fourth-order valence-corrected chi connectivity index (χ4v) is 7.35. The van der Waals surface area contributed by atoms with Gasteiger partial charge in [0, 0.05) is 24.2 Å². The van der Waals surface area contributed by atoms with Crippen molar-refractivity contribution in [3.05, 3.63) is 63.1 Å². The van der Waals surface area contributed by atoms with Gasteiger partial charge in [-0.3, -0.25) is 9.59 Å². The largest absolute Gasteiger partial charge is 0.390 e. The number of carbonyl (C=O) groups is 2. The average molecular weight is 611 g/mol. The van der Waals surface area contributed by atoms with Crippen LogP contribution in [0.5, 0.6) is 0 Å². The van der Waals surface area contributed by atoms with Gasteiger partial charge in [0.2, 0.25) is 11.8 Å². The number of aliphatic hydroxyl groups excluding tert-OH is 2. The van der Waals surface area contributed by atoms with Crippen molar-refractivity contribution in [2.75, 3.05) is 11.9 Å². The van der Waals surface area contributed by atoms with Crippen LogP contribution in [-0.4, -0.2) is 52.9 Å². The highest BCUT2D eigenvalue weighted by molar-refractivity contribution is 6.31. The topological polar surface area (TPSA) is 111 Å². The van der Waals surface area contributed by atoms with Gasteiger partial charge in [-0.05, 0) is 66.3 Å². The van der Waals surface area contributed by atoms with Gasteiger partial charge in [-0.1, -0.05) is 56.1 Å². The molecule has 1 saturated heterocycles. The van der Waals surface area contributed by atoms with Crippen molar-refractivity contribution in [1.29, 1.82) is 0 Å². The Morgan fingerprint density at radius 1 is 1.12 bits per heavy atom. The highest BCUT2D eigenvalue weighted by Gasteiger charge is 2.66. The van der Waals surface area contributed by atoms with Gasteiger partial charge in [-0.15, -0.1) is 0 Å². The number of carbonyl (C=O) groups excluding carboxylic acids is 2. The molecule has 2 amide bonds. The number of hydrogen-bond donors (Lipinski definition) is 5. The normalized spacial score (nSPS) is 29.7. The maximum atomic E-state index is 15.8. The third-order valence-electron chi connectivity index (χ3n) is 8.75. The average Bonchev–Trinajstić information content (AvgIpc) is 3.47. The molecule has 41 heavy (non-hydrogen) atoms. The van der Waals surface area contributed by atoms with E-state index in [1.165, 1.54) is 24.3 Å². The molecular weight excluding hydrogens is 575 g/mol. The maximum absolute atomic E-state index is 15.8. The fourth-order valence-electron chi connectivity index (χ4n) is 7.00. The lowest BCUT2D eigenvalue weighted by Crippen LogP contribution is -2.49. The zero-order valence-electron chi connectivity index (χ0n) is 23.1. The van der Waals surface area contributed by atoms with Crippen LogP contribution in [0.2, 0.25) is 10.0 Å². The molecule has 5 rings (SSSR count). The van der Waals surface area contributed by atoms with Crippen molar-refractivity contribution in [3.63, 3.8) is 0 Å². The Kier molecular flexibility index (Phi) is 8.15. The molecule has 3 aliphatic rings. The van der Waals surface area contributed by atoms with Gasteiger partial charge in [0.05, 0.1) is 28.3 Å². The van der Waals surface area contributed by atoms with Crippen LogP contribution in [-0.2, 0) is 15.0 Å². The summed E-state index contributed by atoms with van der Waals surface area (Å²) >= 11 is 12.3. The number of hydrogen-bond acceptors (Lipinski definition) is 5. The molecule has 11 heteroatoms. The second-order valence-corrected chi connectivity index (χ2v) is 13.6. The van der Waals surface area contributed by atoms with E-state index in [1.807, 2.05) is 20.8 Å². The van der Waals surface area contributed by atoms with Crippen molar-refractivity contribution in [2.24, 2.45) is 11.3 Å². The zero-order chi connectivity index (χ0) is 29.9. The molecule has 2 heterocycles. The first kappa shape index (κ1) is 30.2. The van der Waals surface area contributed by atoms with Crippen LogP contribution in [0.1, 0.15) is 63.5 Å². The predicted molar refractivity (Wildman–Crippen MR) is 153 cm³/mol. The number of benzene rings is 2. The lowest BCUT2D eigenvalue weighted by Gasteiger charge is -2.37. The molecule has 0 unspecified atom stereocenters. The summed E-state index contributed by atoms with van der Waals surface area (Å²) in [5, 5.41) is 28.5. The van der Waals surface area contributed by atoms with E-state index < -0.39 is 59.1 Å². The third-order valence-corrected chi connectivity index (χ3v) is 9.33. The van der Waals surface area contributed by atoms with E-state index in [0.29, 0.717) is 36.9 Å². The predicted octanol–water partition coefficient (Wildman–Crippen LogP) is 4.66. The molecule has 2 aromatic rings. The molecule has 0 aromatic heterocycles. The first-order chi connectivity index (χ1) is 19.2. The van der Waals surface area contributed by atoms with Crippen molar-refractivity contribution >= 4 is 40.7 Å².